The highest BCUT2D eigenvalue weighted by molar-refractivity contribution is 5.94. The van der Waals surface area contributed by atoms with Crippen LogP contribution in [0.1, 0.15) is 51.2 Å². The standard InChI is InChI=1S/C36H46N6O4/c1-25(2)33-36(46)38-20-10-22-42(24-28-15-17-29(18-16-28)30-13-7-8-19-37-30)21-9-14-32(43)40-31(23-27-11-5-4-6-12-27)35(45)39-26(3)34(44)41-33/h4-8,11-13,15-19,25-26,31,33H,9-10,14,20-24H2,1-3H3,(H,38,46)(H,39,45)(H,40,43)(H,41,44)/t26-,31+,33-/m1/s1. The lowest BCUT2D eigenvalue weighted by molar-refractivity contribution is -0.134. The van der Waals surface area contributed by atoms with Gasteiger partial charge >= 0.3 is 0 Å². The zero-order valence-electron chi connectivity index (χ0n) is 27.0. The summed E-state index contributed by atoms with van der Waals surface area (Å²) < 4.78 is 0. The van der Waals surface area contributed by atoms with Crippen LogP contribution in [0.5, 0.6) is 0 Å². The summed E-state index contributed by atoms with van der Waals surface area (Å²) >= 11 is 0. The summed E-state index contributed by atoms with van der Waals surface area (Å²) in [6, 6.07) is 21.1. The molecule has 10 nitrogen and oxygen atoms in total. The average molecular weight is 627 g/mol. The Hall–Kier alpha value is -4.57. The minimum Gasteiger partial charge on any atom is -0.354 e. The summed E-state index contributed by atoms with van der Waals surface area (Å²) in [7, 11) is 0. The molecule has 2 heterocycles. The molecule has 0 spiro atoms. The zero-order chi connectivity index (χ0) is 32.9. The molecule has 0 radical (unpaired) electrons. The Morgan fingerprint density at radius 2 is 1.50 bits per heavy atom. The second-order valence-corrected chi connectivity index (χ2v) is 12.2. The number of carbonyl (C=O) groups is 4. The normalized spacial score (nSPS) is 21.3. The highest BCUT2D eigenvalue weighted by Gasteiger charge is 2.29. The Morgan fingerprint density at radius 1 is 0.783 bits per heavy atom. The fourth-order valence-corrected chi connectivity index (χ4v) is 5.45. The van der Waals surface area contributed by atoms with E-state index in [-0.39, 0.29) is 30.6 Å². The summed E-state index contributed by atoms with van der Waals surface area (Å²) in [5.74, 6) is -1.56. The quantitative estimate of drug-likeness (QED) is 0.332. The highest BCUT2D eigenvalue weighted by atomic mass is 16.2. The predicted octanol–water partition coefficient (Wildman–Crippen LogP) is 3.22. The zero-order valence-corrected chi connectivity index (χ0v) is 27.0. The molecular formula is C36H46N6O4. The number of carbonyl (C=O) groups excluding carboxylic acids is 4. The van der Waals surface area contributed by atoms with Gasteiger partial charge in [-0.3, -0.25) is 29.1 Å². The molecule has 1 aliphatic rings. The van der Waals surface area contributed by atoms with E-state index < -0.39 is 29.9 Å². The maximum absolute atomic E-state index is 13.4. The molecule has 10 heteroatoms. The van der Waals surface area contributed by atoms with Crippen molar-refractivity contribution in [3.05, 3.63) is 90.1 Å². The molecule has 3 aromatic rings. The molecule has 2 aromatic carbocycles. The van der Waals surface area contributed by atoms with E-state index in [4.69, 9.17) is 0 Å². The van der Waals surface area contributed by atoms with E-state index in [9.17, 15) is 19.2 Å². The van der Waals surface area contributed by atoms with Crippen LogP contribution in [0.2, 0.25) is 0 Å². The summed E-state index contributed by atoms with van der Waals surface area (Å²) in [6.45, 7) is 7.81. The van der Waals surface area contributed by atoms with E-state index in [2.05, 4.69) is 55.4 Å². The Bertz CT molecular complexity index is 1430. The SMILES string of the molecule is CC(C)[C@H]1NC(=O)[C@@H](C)NC(=O)[C@H](Cc2ccccc2)NC(=O)CCCN(Cc2ccc(-c3ccccn3)cc2)CCCNC1=O. The van der Waals surface area contributed by atoms with Crippen LogP contribution < -0.4 is 21.3 Å². The third-order valence-corrected chi connectivity index (χ3v) is 8.08. The van der Waals surface area contributed by atoms with Crippen molar-refractivity contribution in [1.82, 2.24) is 31.2 Å². The van der Waals surface area contributed by atoms with Crippen molar-refractivity contribution in [3.63, 3.8) is 0 Å². The maximum Gasteiger partial charge on any atom is 0.243 e. The number of hydrogen-bond donors (Lipinski definition) is 4. The molecule has 1 saturated heterocycles. The van der Waals surface area contributed by atoms with Crippen molar-refractivity contribution < 1.29 is 19.2 Å². The summed E-state index contributed by atoms with van der Waals surface area (Å²) in [5.41, 5.74) is 3.97. The molecule has 4 N–H and O–H groups in total. The first-order valence-electron chi connectivity index (χ1n) is 16.1. The Balaban J connectivity index is 1.49. The van der Waals surface area contributed by atoms with Gasteiger partial charge in [0.2, 0.25) is 23.6 Å². The van der Waals surface area contributed by atoms with Gasteiger partial charge in [-0.2, -0.15) is 0 Å². The molecular weight excluding hydrogens is 580 g/mol. The monoisotopic (exact) mass is 626 g/mol. The summed E-state index contributed by atoms with van der Waals surface area (Å²) in [4.78, 5) is 59.3. The van der Waals surface area contributed by atoms with Crippen LogP contribution in [-0.4, -0.2) is 71.3 Å². The molecule has 0 aliphatic carbocycles. The number of benzene rings is 2. The highest BCUT2D eigenvalue weighted by Crippen LogP contribution is 2.18. The first-order chi connectivity index (χ1) is 22.2. The van der Waals surface area contributed by atoms with Gasteiger partial charge in [-0.05, 0) is 55.5 Å². The molecule has 4 amide bonds. The lowest BCUT2D eigenvalue weighted by Crippen LogP contribution is -2.57. The fraction of sp³-hybridized carbons (Fsp3) is 0.417. The van der Waals surface area contributed by atoms with Crippen molar-refractivity contribution in [3.8, 4) is 11.3 Å². The van der Waals surface area contributed by atoms with Gasteiger partial charge in [0.05, 0.1) is 5.69 Å². The second kappa shape index (κ2) is 17.2. The van der Waals surface area contributed by atoms with E-state index in [0.717, 1.165) is 22.4 Å². The number of rotatable bonds is 6. The Morgan fingerprint density at radius 3 is 2.20 bits per heavy atom. The molecule has 1 fully saturated rings. The van der Waals surface area contributed by atoms with Crippen molar-refractivity contribution in [1.29, 1.82) is 0 Å². The third-order valence-electron chi connectivity index (χ3n) is 8.08. The van der Waals surface area contributed by atoms with E-state index in [0.29, 0.717) is 39.0 Å². The van der Waals surface area contributed by atoms with Crippen LogP contribution in [0, 0.1) is 5.92 Å². The summed E-state index contributed by atoms with van der Waals surface area (Å²) in [5, 5.41) is 11.4. The Kier molecular flexibility index (Phi) is 12.8. The minimum atomic E-state index is -0.901. The summed E-state index contributed by atoms with van der Waals surface area (Å²) in [6.07, 6.45) is 3.60. The van der Waals surface area contributed by atoms with Crippen LogP contribution in [0.4, 0.5) is 0 Å². The number of amides is 4. The number of hydrogen-bond acceptors (Lipinski definition) is 6. The first-order valence-corrected chi connectivity index (χ1v) is 16.1. The number of pyridine rings is 1. The van der Waals surface area contributed by atoms with Crippen LogP contribution in [0.25, 0.3) is 11.3 Å². The third kappa shape index (κ3) is 10.5. The van der Waals surface area contributed by atoms with E-state index in [1.807, 2.05) is 62.4 Å². The minimum absolute atomic E-state index is 0.159. The molecule has 0 saturated carbocycles. The van der Waals surface area contributed by atoms with E-state index in [1.54, 1.807) is 13.1 Å². The van der Waals surface area contributed by atoms with Gasteiger partial charge in [-0.15, -0.1) is 0 Å². The lowest BCUT2D eigenvalue weighted by atomic mass is 10.0. The smallest absolute Gasteiger partial charge is 0.243 e. The number of nitrogens with zero attached hydrogens (tertiary/aromatic N) is 2. The molecule has 0 bridgehead atoms. The van der Waals surface area contributed by atoms with Crippen molar-refractivity contribution in [2.75, 3.05) is 19.6 Å². The predicted molar refractivity (Wildman–Crippen MR) is 178 cm³/mol. The maximum atomic E-state index is 13.4. The van der Waals surface area contributed by atoms with Gasteiger partial charge in [-0.1, -0.05) is 74.5 Å². The fourth-order valence-electron chi connectivity index (χ4n) is 5.45. The van der Waals surface area contributed by atoms with Crippen LogP contribution >= 0.6 is 0 Å². The molecule has 46 heavy (non-hydrogen) atoms. The molecule has 3 atom stereocenters. The topological polar surface area (TPSA) is 133 Å². The van der Waals surface area contributed by atoms with Gasteiger partial charge in [0.25, 0.3) is 0 Å². The molecule has 4 rings (SSSR count). The molecule has 1 aliphatic heterocycles. The van der Waals surface area contributed by atoms with Gasteiger partial charge in [0.15, 0.2) is 0 Å². The number of aromatic nitrogens is 1. The van der Waals surface area contributed by atoms with E-state index in [1.165, 1.54) is 0 Å². The molecule has 1 aromatic heterocycles. The second-order valence-electron chi connectivity index (χ2n) is 12.2. The number of nitrogens with one attached hydrogen (secondary N) is 4. The largest absolute Gasteiger partial charge is 0.354 e. The van der Waals surface area contributed by atoms with Crippen LogP contribution in [-0.2, 0) is 32.1 Å². The molecule has 244 valence electrons. The van der Waals surface area contributed by atoms with Crippen molar-refractivity contribution in [2.24, 2.45) is 5.92 Å². The average Bonchev–Trinajstić information content (AvgIpc) is 3.05. The van der Waals surface area contributed by atoms with Gasteiger partial charge in [0.1, 0.15) is 18.1 Å². The lowest BCUT2D eigenvalue weighted by Gasteiger charge is -2.26. The van der Waals surface area contributed by atoms with Gasteiger partial charge in [0, 0.05) is 44.2 Å². The van der Waals surface area contributed by atoms with Gasteiger partial charge in [-0.25, -0.2) is 0 Å². The Labute approximate surface area is 271 Å². The van der Waals surface area contributed by atoms with E-state index >= 15 is 0 Å². The van der Waals surface area contributed by atoms with Gasteiger partial charge < -0.3 is 21.3 Å². The molecule has 0 unspecified atom stereocenters. The van der Waals surface area contributed by atoms with Crippen LogP contribution in [0.3, 0.4) is 0 Å². The van der Waals surface area contributed by atoms with Crippen molar-refractivity contribution in [2.45, 2.75) is 71.1 Å². The first kappa shape index (κ1) is 34.3. The van der Waals surface area contributed by atoms with Crippen LogP contribution in [0.15, 0.2) is 79.0 Å². The van der Waals surface area contributed by atoms with Crippen molar-refractivity contribution >= 4 is 23.6 Å².